The molecular formula is C32H40N2O3. The van der Waals surface area contributed by atoms with Gasteiger partial charge >= 0.3 is 0 Å². The molecule has 1 N–H and O–H groups in total. The molecule has 5 heteroatoms. The summed E-state index contributed by atoms with van der Waals surface area (Å²) >= 11 is 0. The van der Waals surface area contributed by atoms with Crippen LogP contribution in [0.25, 0.3) is 0 Å². The number of fused-ring (bicyclic) bond motifs is 2. The topological polar surface area (TPSA) is 45.2 Å². The van der Waals surface area contributed by atoms with Gasteiger partial charge in [-0.25, -0.2) is 0 Å². The second-order valence-electron chi connectivity index (χ2n) is 13.2. The Kier molecular flexibility index (Phi) is 4.78. The summed E-state index contributed by atoms with van der Waals surface area (Å²) in [7, 11) is 4.19. The maximum Gasteiger partial charge on any atom is 0.165 e. The molecule has 2 aromatic carbocycles. The van der Waals surface area contributed by atoms with E-state index in [1.54, 1.807) is 0 Å². The number of phenolic OH excluding ortho intramolecular Hbond substituents is 1. The number of hydrogen-bond donors (Lipinski definition) is 1. The number of methoxy groups -OCH3 is 1. The van der Waals surface area contributed by atoms with Crippen molar-refractivity contribution in [1.82, 2.24) is 9.80 Å². The van der Waals surface area contributed by atoms with Crippen LogP contribution in [0.4, 0.5) is 0 Å². The maximum atomic E-state index is 11.0. The van der Waals surface area contributed by atoms with Crippen molar-refractivity contribution >= 4 is 0 Å². The zero-order valence-electron chi connectivity index (χ0n) is 22.3. The predicted molar refractivity (Wildman–Crippen MR) is 143 cm³/mol. The molecule has 9 rings (SSSR count). The minimum Gasteiger partial charge on any atom is -0.504 e. The van der Waals surface area contributed by atoms with Crippen molar-refractivity contribution in [3.8, 4) is 11.5 Å². The smallest absolute Gasteiger partial charge is 0.165 e. The number of likely N-dealkylation sites (tertiary alicyclic amines) is 1. The normalized spacial score (nSPS) is 39.1. The van der Waals surface area contributed by atoms with Crippen molar-refractivity contribution in [1.29, 1.82) is 0 Å². The van der Waals surface area contributed by atoms with Crippen molar-refractivity contribution in [2.75, 3.05) is 33.8 Å². The summed E-state index contributed by atoms with van der Waals surface area (Å²) in [4.78, 5) is 5.39. The molecule has 2 spiro atoms. The van der Waals surface area contributed by atoms with E-state index in [4.69, 9.17) is 9.47 Å². The molecule has 4 saturated carbocycles. The number of phenols is 1. The van der Waals surface area contributed by atoms with Gasteiger partial charge in [-0.2, -0.15) is 0 Å². The minimum atomic E-state index is -0.323. The van der Waals surface area contributed by atoms with Crippen molar-refractivity contribution < 1.29 is 14.6 Å². The van der Waals surface area contributed by atoms with Gasteiger partial charge in [0, 0.05) is 55.1 Å². The van der Waals surface area contributed by atoms with Crippen LogP contribution in [0.15, 0.2) is 42.5 Å². The van der Waals surface area contributed by atoms with E-state index in [2.05, 4.69) is 53.2 Å². The lowest BCUT2D eigenvalue weighted by molar-refractivity contribution is -0.278. The third-order valence-corrected chi connectivity index (χ3v) is 11.6. The van der Waals surface area contributed by atoms with E-state index in [9.17, 15) is 5.11 Å². The summed E-state index contributed by atoms with van der Waals surface area (Å²) < 4.78 is 13.6. The van der Waals surface area contributed by atoms with Crippen molar-refractivity contribution in [3.05, 3.63) is 59.2 Å². The molecule has 0 aromatic heterocycles. The van der Waals surface area contributed by atoms with Crippen LogP contribution >= 0.6 is 0 Å². The van der Waals surface area contributed by atoms with Gasteiger partial charge < -0.3 is 19.5 Å². The standard InChI is InChI=1S/C32H40N2O3/c1-33(18-21-6-4-3-5-7-21)20-24-17-30-12-13-32(24,36-2)29-31(30)14-15-34(19-22-8-9-22)26(30)16-23-10-11-25(35)28(37-29)27(23)31/h3-7,10-11,22,24,26,29,35H,8-9,12-20H2,1-2H3/t24-,26+,29?,30+,31-,32+/m0/s1. The maximum absolute atomic E-state index is 11.0. The number of piperidine rings is 1. The Hall–Kier alpha value is -2.08. The fraction of sp³-hybridized carbons (Fsp3) is 0.625. The molecule has 6 atom stereocenters. The van der Waals surface area contributed by atoms with E-state index < -0.39 is 0 Å². The number of ether oxygens (including phenoxy) is 2. The molecule has 0 amide bonds. The van der Waals surface area contributed by atoms with Gasteiger partial charge in [-0.3, -0.25) is 4.90 Å². The highest BCUT2D eigenvalue weighted by Crippen LogP contribution is 2.76. The lowest BCUT2D eigenvalue weighted by Crippen LogP contribution is -2.81. The van der Waals surface area contributed by atoms with Gasteiger partial charge in [0.25, 0.3) is 0 Å². The lowest BCUT2D eigenvalue weighted by atomic mass is 9.34. The molecule has 5 fully saturated rings. The van der Waals surface area contributed by atoms with Crippen LogP contribution in [-0.4, -0.2) is 66.4 Å². The summed E-state index contributed by atoms with van der Waals surface area (Å²) in [5.74, 6) is 2.40. The zero-order valence-corrected chi connectivity index (χ0v) is 22.3. The van der Waals surface area contributed by atoms with Crippen LogP contribution in [0, 0.1) is 17.3 Å². The van der Waals surface area contributed by atoms with E-state index in [-0.39, 0.29) is 22.5 Å². The van der Waals surface area contributed by atoms with E-state index in [0.29, 0.717) is 17.7 Å². The Labute approximate surface area is 220 Å². The summed E-state index contributed by atoms with van der Waals surface area (Å²) in [6.07, 6.45) is 8.47. The number of rotatable bonds is 7. The Morgan fingerprint density at radius 1 is 1.11 bits per heavy atom. The highest BCUT2D eigenvalue weighted by Gasteiger charge is 2.80. The van der Waals surface area contributed by atoms with Crippen LogP contribution in [-0.2, 0) is 23.1 Å². The molecule has 1 unspecified atom stereocenters. The average Bonchev–Trinajstić information content (AvgIpc) is 3.64. The fourth-order valence-electron chi connectivity index (χ4n) is 10.1. The SMILES string of the molecule is CO[C@]12CC[C@@]3(C[C@H]1CN(C)Cc1ccccc1)[C@H]1Cc4ccc(O)c5c4[C@@]3(CCN1CC1CC1)C2O5. The van der Waals surface area contributed by atoms with Gasteiger partial charge in [0.15, 0.2) is 11.5 Å². The first-order chi connectivity index (χ1) is 18.0. The monoisotopic (exact) mass is 500 g/mol. The first-order valence-corrected chi connectivity index (χ1v) is 14.5. The fourth-order valence-corrected chi connectivity index (χ4v) is 10.1. The summed E-state index contributed by atoms with van der Waals surface area (Å²) in [5, 5.41) is 11.0. The molecule has 5 nitrogen and oxygen atoms in total. The Balaban J connectivity index is 1.23. The molecular weight excluding hydrogens is 460 g/mol. The molecule has 5 aliphatic carbocycles. The minimum absolute atomic E-state index is 0.0180. The number of nitrogens with zero attached hydrogens (tertiary/aromatic N) is 2. The van der Waals surface area contributed by atoms with Crippen molar-refractivity contribution in [3.63, 3.8) is 0 Å². The van der Waals surface area contributed by atoms with Crippen molar-refractivity contribution in [2.45, 2.75) is 74.7 Å². The van der Waals surface area contributed by atoms with E-state index >= 15 is 0 Å². The van der Waals surface area contributed by atoms with E-state index in [1.165, 1.54) is 48.9 Å². The van der Waals surface area contributed by atoms with Crippen LogP contribution in [0.1, 0.15) is 55.2 Å². The average molecular weight is 501 g/mol. The Morgan fingerprint density at radius 2 is 1.95 bits per heavy atom. The molecule has 37 heavy (non-hydrogen) atoms. The molecule has 2 heterocycles. The highest BCUT2D eigenvalue weighted by atomic mass is 16.6. The molecule has 4 bridgehead atoms. The predicted octanol–water partition coefficient (Wildman–Crippen LogP) is 4.75. The van der Waals surface area contributed by atoms with Gasteiger partial charge in [0.2, 0.25) is 0 Å². The molecule has 2 aliphatic heterocycles. The molecule has 0 radical (unpaired) electrons. The first kappa shape index (κ1) is 22.9. The lowest BCUT2D eigenvalue weighted by Gasteiger charge is -2.74. The third kappa shape index (κ3) is 2.86. The van der Waals surface area contributed by atoms with E-state index in [1.807, 2.05) is 13.2 Å². The van der Waals surface area contributed by atoms with Gasteiger partial charge in [-0.1, -0.05) is 36.4 Å². The number of aromatic hydroxyl groups is 1. The van der Waals surface area contributed by atoms with Gasteiger partial charge in [-0.15, -0.1) is 0 Å². The van der Waals surface area contributed by atoms with Crippen LogP contribution in [0.5, 0.6) is 11.5 Å². The largest absolute Gasteiger partial charge is 0.504 e. The molecule has 1 saturated heterocycles. The quantitative estimate of drug-likeness (QED) is 0.595. The second kappa shape index (κ2) is 7.74. The molecule has 196 valence electrons. The summed E-state index contributed by atoms with van der Waals surface area (Å²) in [6.45, 7) is 4.37. The summed E-state index contributed by atoms with van der Waals surface area (Å²) in [5.41, 5.74) is 3.96. The van der Waals surface area contributed by atoms with E-state index in [0.717, 1.165) is 50.6 Å². The first-order valence-electron chi connectivity index (χ1n) is 14.5. The van der Waals surface area contributed by atoms with Crippen molar-refractivity contribution in [2.24, 2.45) is 17.3 Å². The zero-order chi connectivity index (χ0) is 25.0. The number of benzene rings is 2. The summed E-state index contributed by atoms with van der Waals surface area (Å²) in [6, 6.07) is 15.5. The van der Waals surface area contributed by atoms with Gasteiger partial charge in [0.05, 0.1) is 0 Å². The molecule has 7 aliphatic rings. The number of hydrogen-bond acceptors (Lipinski definition) is 5. The third-order valence-electron chi connectivity index (χ3n) is 11.6. The van der Waals surface area contributed by atoms with Crippen LogP contribution in [0.2, 0.25) is 0 Å². The second-order valence-corrected chi connectivity index (χ2v) is 13.2. The van der Waals surface area contributed by atoms with Crippen LogP contribution < -0.4 is 4.74 Å². The Morgan fingerprint density at radius 3 is 2.73 bits per heavy atom. The van der Waals surface area contributed by atoms with Crippen LogP contribution in [0.3, 0.4) is 0 Å². The Bertz CT molecular complexity index is 1230. The molecule has 2 aromatic rings. The van der Waals surface area contributed by atoms with Gasteiger partial charge in [-0.05, 0) is 81.6 Å². The van der Waals surface area contributed by atoms with Gasteiger partial charge in [0.1, 0.15) is 11.7 Å². The highest BCUT2D eigenvalue weighted by molar-refractivity contribution is 5.63.